The van der Waals surface area contributed by atoms with Crippen LogP contribution >= 0.6 is 0 Å². The molecule has 0 aliphatic carbocycles. The van der Waals surface area contributed by atoms with Crippen LogP contribution in [0.5, 0.6) is 11.5 Å². The minimum absolute atomic E-state index is 0.0942. The first-order valence-electron chi connectivity index (χ1n) is 10.5. The van der Waals surface area contributed by atoms with Gasteiger partial charge in [-0.1, -0.05) is 0 Å². The maximum absolute atomic E-state index is 12.9. The highest BCUT2D eigenvalue weighted by molar-refractivity contribution is 7.92. The third-order valence-corrected chi connectivity index (χ3v) is 7.10. The summed E-state index contributed by atoms with van der Waals surface area (Å²) in [5, 5.41) is 0. The lowest BCUT2D eigenvalue weighted by Crippen LogP contribution is -2.56. The summed E-state index contributed by atoms with van der Waals surface area (Å²) < 4.78 is 43.5. The van der Waals surface area contributed by atoms with Crippen molar-refractivity contribution in [3.8, 4) is 11.5 Å². The van der Waals surface area contributed by atoms with E-state index >= 15 is 0 Å². The topological polar surface area (TPSA) is 85.4 Å². The number of amides is 1. The van der Waals surface area contributed by atoms with Gasteiger partial charge in [0, 0.05) is 13.6 Å². The van der Waals surface area contributed by atoms with Crippen molar-refractivity contribution >= 4 is 21.6 Å². The van der Waals surface area contributed by atoms with Crippen molar-refractivity contribution in [2.24, 2.45) is 0 Å². The second-order valence-electron chi connectivity index (χ2n) is 8.07. The van der Waals surface area contributed by atoms with Crippen molar-refractivity contribution in [3.05, 3.63) is 48.5 Å². The van der Waals surface area contributed by atoms with Gasteiger partial charge in [-0.15, -0.1) is 0 Å². The Balaban J connectivity index is 1.63. The van der Waals surface area contributed by atoms with Crippen LogP contribution in [0.2, 0.25) is 0 Å². The van der Waals surface area contributed by atoms with Crippen molar-refractivity contribution in [3.63, 3.8) is 0 Å². The van der Waals surface area contributed by atoms with E-state index in [1.807, 2.05) is 20.8 Å². The molecule has 0 saturated carbocycles. The van der Waals surface area contributed by atoms with E-state index in [-0.39, 0.29) is 22.9 Å². The Kier molecular flexibility index (Phi) is 7.30. The summed E-state index contributed by atoms with van der Waals surface area (Å²) in [5.41, 5.74) is 0.104. The molecule has 174 valence electrons. The van der Waals surface area contributed by atoms with Gasteiger partial charge < -0.3 is 19.1 Å². The molecule has 0 bridgehead atoms. The monoisotopic (exact) mass is 462 g/mol. The Hall–Kier alpha value is -2.78. The minimum atomic E-state index is -3.73. The Bertz CT molecular complexity index is 1020. The fraction of sp³-hybridized carbons (Fsp3) is 0.435. The predicted octanol–water partition coefficient (Wildman–Crippen LogP) is 2.93. The molecule has 0 radical (unpaired) electrons. The Morgan fingerprint density at radius 3 is 2.25 bits per heavy atom. The van der Waals surface area contributed by atoms with Gasteiger partial charge in [-0.2, -0.15) is 0 Å². The van der Waals surface area contributed by atoms with Crippen molar-refractivity contribution in [1.82, 2.24) is 4.90 Å². The molecule has 1 fully saturated rings. The molecule has 1 heterocycles. The first kappa shape index (κ1) is 23.9. The third-order valence-electron chi connectivity index (χ3n) is 5.30. The molecule has 32 heavy (non-hydrogen) atoms. The molecule has 0 aromatic heterocycles. The summed E-state index contributed by atoms with van der Waals surface area (Å²) in [6.45, 7) is 7.73. The first-order chi connectivity index (χ1) is 15.1. The van der Waals surface area contributed by atoms with E-state index < -0.39 is 10.0 Å². The summed E-state index contributed by atoms with van der Waals surface area (Å²) in [6, 6.07) is 12.9. The number of nitrogens with zero attached hydrogens (tertiary/aromatic N) is 2. The molecule has 9 heteroatoms. The van der Waals surface area contributed by atoms with Gasteiger partial charge in [-0.05, 0) is 69.3 Å². The standard InChI is InChI=1S/C23H30N2O6S/c1-5-30-19-10-12-21(13-11-19)32(27,28)24(4)18-6-8-20(9-7-18)31-16-22(26)25-14-15-29-17-23(25,2)3/h6-13H,5,14-17H2,1-4H3. The molecule has 1 saturated heterocycles. The van der Waals surface area contributed by atoms with E-state index in [1.165, 1.54) is 23.5 Å². The quantitative estimate of drug-likeness (QED) is 0.600. The highest BCUT2D eigenvalue weighted by atomic mass is 32.2. The van der Waals surface area contributed by atoms with Crippen LogP contribution < -0.4 is 13.8 Å². The third kappa shape index (κ3) is 5.34. The zero-order chi connectivity index (χ0) is 23.4. The van der Waals surface area contributed by atoms with Crippen LogP contribution in [0, 0.1) is 0 Å². The summed E-state index contributed by atoms with van der Waals surface area (Å²) >= 11 is 0. The number of anilines is 1. The fourth-order valence-electron chi connectivity index (χ4n) is 3.47. The van der Waals surface area contributed by atoms with Crippen LogP contribution in [0.1, 0.15) is 20.8 Å². The van der Waals surface area contributed by atoms with Gasteiger partial charge in [0.15, 0.2) is 6.61 Å². The van der Waals surface area contributed by atoms with Crippen molar-refractivity contribution < 1.29 is 27.4 Å². The van der Waals surface area contributed by atoms with Crippen LogP contribution in [-0.4, -0.2) is 64.8 Å². The lowest BCUT2D eigenvalue weighted by Gasteiger charge is -2.42. The van der Waals surface area contributed by atoms with Crippen LogP contribution in [0.15, 0.2) is 53.4 Å². The maximum Gasteiger partial charge on any atom is 0.264 e. The van der Waals surface area contributed by atoms with Gasteiger partial charge >= 0.3 is 0 Å². The number of sulfonamides is 1. The molecule has 0 atom stereocenters. The zero-order valence-electron chi connectivity index (χ0n) is 18.9. The van der Waals surface area contributed by atoms with Gasteiger partial charge in [-0.25, -0.2) is 8.42 Å². The van der Waals surface area contributed by atoms with Gasteiger partial charge in [0.2, 0.25) is 0 Å². The van der Waals surface area contributed by atoms with Crippen molar-refractivity contribution in [2.45, 2.75) is 31.2 Å². The normalized spacial score (nSPS) is 15.8. The van der Waals surface area contributed by atoms with Crippen LogP contribution in [0.3, 0.4) is 0 Å². The van der Waals surface area contributed by atoms with Crippen LogP contribution in [0.25, 0.3) is 0 Å². The van der Waals surface area contributed by atoms with Crippen LogP contribution in [-0.2, 0) is 19.6 Å². The van der Waals surface area contributed by atoms with Gasteiger partial charge in [-0.3, -0.25) is 9.10 Å². The largest absolute Gasteiger partial charge is 0.494 e. The number of ether oxygens (including phenoxy) is 3. The van der Waals surface area contributed by atoms with E-state index in [4.69, 9.17) is 14.2 Å². The second kappa shape index (κ2) is 9.79. The number of morpholine rings is 1. The Labute approximate surface area is 189 Å². The molecule has 0 unspecified atom stereocenters. The van der Waals surface area contributed by atoms with E-state index in [0.29, 0.717) is 43.6 Å². The van der Waals surface area contributed by atoms with Gasteiger partial charge in [0.1, 0.15) is 11.5 Å². The molecular weight excluding hydrogens is 432 g/mol. The molecule has 1 aliphatic rings. The highest BCUT2D eigenvalue weighted by Gasteiger charge is 2.34. The Morgan fingerprint density at radius 1 is 1.06 bits per heavy atom. The van der Waals surface area contributed by atoms with Crippen LogP contribution in [0.4, 0.5) is 5.69 Å². The first-order valence-corrected chi connectivity index (χ1v) is 11.9. The molecule has 8 nitrogen and oxygen atoms in total. The molecule has 0 N–H and O–H groups in total. The summed E-state index contributed by atoms with van der Waals surface area (Å²) in [7, 11) is -2.23. The lowest BCUT2D eigenvalue weighted by molar-refractivity contribution is -0.148. The second-order valence-corrected chi connectivity index (χ2v) is 10.0. The summed E-state index contributed by atoms with van der Waals surface area (Å²) in [5.74, 6) is 0.989. The van der Waals surface area contributed by atoms with E-state index in [1.54, 1.807) is 41.3 Å². The lowest BCUT2D eigenvalue weighted by atomic mass is 10.0. The average molecular weight is 463 g/mol. The molecular formula is C23H30N2O6S. The molecule has 1 aliphatic heterocycles. The number of benzene rings is 2. The molecule has 1 amide bonds. The number of carbonyl (C=O) groups is 1. The molecule has 2 aromatic carbocycles. The van der Waals surface area contributed by atoms with Crippen molar-refractivity contribution in [1.29, 1.82) is 0 Å². The highest BCUT2D eigenvalue weighted by Crippen LogP contribution is 2.26. The predicted molar refractivity (Wildman–Crippen MR) is 122 cm³/mol. The number of rotatable bonds is 8. The number of carbonyl (C=O) groups excluding carboxylic acids is 1. The zero-order valence-corrected chi connectivity index (χ0v) is 19.7. The van der Waals surface area contributed by atoms with Crippen molar-refractivity contribution in [2.75, 3.05) is 44.3 Å². The van der Waals surface area contributed by atoms with E-state index in [9.17, 15) is 13.2 Å². The van der Waals surface area contributed by atoms with E-state index in [0.717, 1.165) is 0 Å². The Morgan fingerprint density at radius 2 is 1.66 bits per heavy atom. The SMILES string of the molecule is CCOc1ccc(S(=O)(=O)N(C)c2ccc(OCC(=O)N3CCOCC3(C)C)cc2)cc1. The smallest absolute Gasteiger partial charge is 0.264 e. The molecule has 3 rings (SSSR count). The average Bonchev–Trinajstić information content (AvgIpc) is 2.77. The summed E-state index contributed by atoms with van der Waals surface area (Å²) in [6.07, 6.45) is 0. The van der Waals surface area contributed by atoms with Gasteiger partial charge in [0.25, 0.3) is 15.9 Å². The maximum atomic E-state index is 12.9. The number of hydrogen-bond acceptors (Lipinski definition) is 6. The van der Waals surface area contributed by atoms with E-state index in [2.05, 4.69) is 0 Å². The fourth-order valence-corrected chi connectivity index (χ4v) is 4.66. The minimum Gasteiger partial charge on any atom is -0.494 e. The molecule has 2 aromatic rings. The summed E-state index contributed by atoms with van der Waals surface area (Å²) in [4.78, 5) is 14.5. The molecule has 0 spiro atoms. The number of hydrogen-bond donors (Lipinski definition) is 0. The van der Waals surface area contributed by atoms with Gasteiger partial charge in [0.05, 0.1) is 35.9 Å².